The van der Waals surface area contributed by atoms with Crippen molar-refractivity contribution in [3.63, 3.8) is 0 Å². The molecule has 1 aromatic heterocycles. The molecule has 192 valence electrons. The van der Waals surface area contributed by atoms with E-state index in [1.807, 2.05) is 18.2 Å². The number of ether oxygens (including phenoxy) is 2. The molecule has 1 saturated heterocycles. The van der Waals surface area contributed by atoms with Crippen LogP contribution in [-0.4, -0.2) is 85.3 Å². The molecule has 0 spiro atoms. The Labute approximate surface area is 216 Å². The molecule has 0 radical (unpaired) electrons. The van der Waals surface area contributed by atoms with E-state index in [2.05, 4.69) is 58.3 Å². The van der Waals surface area contributed by atoms with E-state index in [1.165, 1.54) is 22.8 Å². The molecule has 2 aromatic carbocycles. The van der Waals surface area contributed by atoms with Gasteiger partial charge >= 0.3 is 6.09 Å². The summed E-state index contributed by atoms with van der Waals surface area (Å²) in [5.74, 6) is 0.824. The van der Waals surface area contributed by atoms with Gasteiger partial charge in [-0.1, -0.05) is 47.1 Å². The van der Waals surface area contributed by atoms with Gasteiger partial charge in [0.25, 0.3) is 0 Å². The first-order chi connectivity index (χ1) is 18.1. The number of benzene rings is 2. The molecule has 3 aromatic rings. The third kappa shape index (κ3) is 4.74. The topological polar surface area (TPSA) is 68.5 Å². The van der Waals surface area contributed by atoms with Crippen LogP contribution in [0.1, 0.15) is 18.1 Å². The maximum atomic E-state index is 12.1. The maximum absolute atomic E-state index is 12.1. The molecule has 0 aliphatic carbocycles. The van der Waals surface area contributed by atoms with Gasteiger partial charge in [-0.25, -0.2) is 4.79 Å². The number of fused-ring (bicyclic) bond motifs is 4. The highest BCUT2D eigenvalue weighted by Crippen LogP contribution is 2.37. The van der Waals surface area contributed by atoms with Crippen LogP contribution in [0, 0.1) is 5.92 Å². The Morgan fingerprint density at radius 1 is 1.11 bits per heavy atom. The first-order valence-electron chi connectivity index (χ1n) is 12.9. The number of methoxy groups -OCH3 is 1. The lowest BCUT2D eigenvalue weighted by Gasteiger charge is -2.36. The quantitative estimate of drug-likeness (QED) is 0.526. The zero-order valence-corrected chi connectivity index (χ0v) is 21.3. The van der Waals surface area contributed by atoms with Crippen LogP contribution >= 0.6 is 0 Å². The Balaban J connectivity index is 1.06. The second kappa shape index (κ2) is 10.0. The van der Waals surface area contributed by atoms with E-state index < -0.39 is 6.09 Å². The van der Waals surface area contributed by atoms with Crippen molar-refractivity contribution >= 4 is 28.8 Å². The summed E-state index contributed by atoms with van der Waals surface area (Å²) in [5, 5.41) is 5.44. The molecule has 1 fully saturated rings. The first-order valence-corrected chi connectivity index (χ1v) is 12.9. The fraction of sp³-hybridized carbons (Fsp3) is 0.379. The van der Waals surface area contributed by atoms with Crippen molar-refractivity contribution in [1.29, 1.82) is 0 Å². The van der Waals surface area contributed by atoms with E-state index in [0.717, 1.165) is 67.2 Å². The van der Waals surface area contributed by atoms with E-state index in [9.17, 15) is 4.79 Å². The monoisotopic (exact) mass is 500 g/mol. The van der Waals surface area contributed by atoms with E-state index in [-0.39, 0.29) is 12.0 Å². The fourth-order valence-corrected chi connectivity index (χ4v) is 5.57. The van der Waals surface area contributed by atoms with Gasteiger partial charge in [-0.05, 0) is 24.6 Å². The molecule has 4 heterocycles. The standard InChI is InChI=1S/C29H32N4O4/c1-20(14-21-6-4-3-5-7-21)17-31-10-12-32(13-11-31)18-27-24-19-36-26-16-25-22(8-9-33(25)29(34)35-2)15-23(26)28(24)30-37-27/h3-9,14-16,24,27H,10-13,17-19H2,1-2H3/b20-14+. The number of nitrogens with zero attached hydrogens (tertiary/aromatic N) is 4. The molecular formula is C29H32N4O4. The Morgan fingerprint density at radius 3 is 2.68 bits per heavy atom. The molecule has 6 rings (SSSR count). The SMILES string of the molecule is COC(=O)n1ccc2cc3c(cc21)OCC1C3=NOC1CN1CCN(C/C(C)=C/c2ccccc2)CC1. The third-order valence-electron chi connectivity index (χ3n) is 7.53. The van der Waals surface area contributed by atoms with E-state index in [1.54, 1.807) is 6.20 Å². The van der Waals surface area contributed by atoms with Gasteiger partial charge in [0.15, 0.2) is 6.10 Å². The van der Waals surface area contributed by atoms with Crippen LogP contribution in [0.2, 0.25) is 0 Å². The Bertz CT molecular complexity index is 1350. The average Bonchev–Trinajstić information content (AvgIpc) is 3.52. The Kier molecular flexibility index (Phi) is 6.44. The molecule has 0 saturated carbocycles. The number of rotatable bonds is 5. The molecular weight excluding hydrogens is 468 g/mol. The molecule has 8 heteroatoms. The van der Waals surface area contributed by atoms with Gasteiger partial charge in [0.1, 0.15) is 18.1 Å². The second-order valence-electron chi connectivity index (χ2n) is 10.1. The summed E-state index contributed by atoms with van der Waals surface area (Å²) in [4.78, 5) is 23.0. The number of carbonyl (C=O) groups is 1. The van der Waals surface area contributed by atoms with Crippen molar-refractivity contribution in [2.75, 3.05) is 53.0 Å². The zero-order valence-electron chi connectivity index (χ0n) is 21.3. The second-order valence-corrected chi connectivity index (χ2v) is 10.1. The molecule has 3 aliphatic rings. The summed E-state index contributed by atoms with van der Waals surface area (Å²) in [6.07, 6.45) is 3.54. The maximum Gasteiger partial charge on any atom is 0.418 e. The highest BCUT2D eigenvalue weighted by atomic mass is 16.6. The molecule has 0 N–H and O–H groups in total. The summed E-state index contributed by atoms with van der Waals surface area (Å²) >= 11 is 0. The number of aromatic nitrogens is 1. The van der Waals surface area contributed by atoms with Gasteiger partial charge in [0.05, 0.1) is 18.5 Å². The van der Waals surface area contributed by atoms with Crippen LogP contribution < -0.4 is 4.74 Å². The fourth-order valence-electron chi connectivity index (χ4n) is 5.57. The predicted molar refractivity (Wildman–Crippen MR) is 143 cm³/mol. The van der Waals surface area contributed by atoms with Crippen LogP contribution in [0.25, 0.3) is 17.0 Å². The van der Waals surface area contributed by atoms with Crippen molar-refractivity contribution in [2.45, 2.75) is 13.0 Å². The van der Waals surface area contributed by atoms with Crippen molar-refractivity contribution < 1.29 is 19.1 Å². The summed E-state index contributed by atoms with van der Waals surface area (Å²) in [7, 11) is 1.38. The van der Waals surface area contributed by atoms with Gasteiger partial charge < -0.3 is 14.3 Å². The van der Waals surface area contributed by atoms with Gasteiger partial charge in [-0.2, -0.15) is 0 Å². The van der Waals surface area contributed by atoms with E-state index in [4.69, 9.17) is 14.3 Å². The van der Waals surface area contributed by atoms with Crippen molar-refractivity contribution in [1.82, 2.24) is 14.4 Å². The first kappa shape index (κ1) is 23.8. The van der Waals surface area contributed by atoms with Gasteiger partial charge in [-0.3, -0.25) is 14.4 Å². The number of hydrogen-bond acceptors (Lipinski definition) is 7. The number of piperazine rings is 1. The highest BCUT2D eigenvalue weighted by molar-refractivity contribution is 6.09. The molecule has 0 amide bonds. The summed E-state index contributed by atoms with van der Waals surface area (Å²) < 4.78 is 12.5. The Morgan fingerprint density at radius 2 is 1.89 bits per heavy atom. The van der Waals surface area contributed by atoms with Crippen LogP contribution in [-0.2, 0) is 9.57 Å². The minimum absolute atomic E-state index is 0.0234. The molecule has 8 nitrogen and oxygen atoms in total. The lowest BCUT2D eigenvalue weighted by Crippen LogP contribution is -2.50. The van der Waals surface area contributed by atoms with Crippen LogP contribution in [0.5, 0.6) is 5.75 Å². The normalized spacial score (nSPS) is 22.1. The van der Waals surface area contributed by atoms with Crippen molar-refractivity contribution in [2.24, 2.45) is 11.1 Å². The van der Waals surface area contributed by atoms with Crippen LogP contribution in [0.3, 0.4) is 0 Å². The van der Waals surface area contributed by atoms with Gasteiger partial charge in [0.2, 0.25) is 0 Å². The van der Waals surface area contributed by atoms with Crippen LogP contribution in [0.15, 0.2) is 65.5 Å². The smallest absolute Gasteiger partial charge is 0.418 e. The summed E-state index contributed by atoms with van der Waals surface area (Å²) in [6, 6.07) is 16.3. The zero-order chi connectivity index (χ0) is 25.4. The van der Waals surface area contributed by atoms with Gasteiger partial charge in [0, 0.05) is 62.5 Å². The number of carbonyl (C=O) groups excluding carboxylic acids is 1. The average molecular weight is 501 g/mol. The van der Waals surface area contributed by atoms with Gasteiger partial charge in [-0.15, -0.1) is 0 Å². The summed E-state index contributed by atoms with van der Waals surface area (Å²) in [6.45, 7) is 8.67. The molecule has 0 bridgehead atoms. The van der Waals surface area contributed by atoms with E-state index in [0.29, 0.717) is 6.61 Å². The largest absolute Gasteiger partial charge is 0.492 e. The lowest BCUT2D eigenvalue weighted by molar-refractivity contribution is 0.0101. The molecule has 2 unspecified atom stereocenters. The third-order valence-corrected chi connectivity index (χ3v) is 7.53. The van der Waals surface area contributed by atoms with Crippen molar-refractivity contribution in [3.8, 4) is 5.75 Å². The minimum atomic E-state index is -0.423. The Hall–Kier alpha value is -3.62. The highest BCUT2D eigenvalue weighted by Gasteiger charge is 2.41. The predicted octanol–water partition coefficient (Wildman–Crippen LogP) is 4.09. The lowest BCUT2D eigenvalue weighted by atomic mass is 9.89. The number of hydrogen-bond donors (Lipinski definition) is 0. The summed E-state index contributed by atoms with van der Waals surface area (Å²) in [5.41, 5.74) is 5.28. The van der Waals surface area contributed by atoms with Crippen molar-refractivity contribution in [3.05, 3.63) is 71.4 Å². The minimum Gasteiger partial charge on any atom is -0.492 e. The molecule has 37 heavy (non-hydrogen) atoms. The molecule has 2 atom stereocenters. The molecule has 3 aliphatic heterocycles. The van der Waals surface area contributed by atoms with Crippen LogP contribution in [0.4, 0.5) is 4.79 Å². The number of oxime groups is 1. The van der Waals surface area contributed by atoms with E-state index >= 15 is 0 Å².